The van der Waals surface area contributed by atoms with E-state index in [0.29, 0.717) is 11.3 Å². The van der Waals surface area contributed by atoms with Crippen LogP contribution in [0.15, 0.2) is 0 Å². The molecular weight excluding hydrogens is 264 g/mol. The van der Waals surface area contributed by atoms with Gasteiger partial charge in [0.25, 0.3) is 0 Å². The molecule has 5 heteroatoms. The maximum atomic E-state index is 12.5. The highest BCUT2D eigenvalue weighted by Crippen LogP contribution is 2.40. The van der Waals surface area contributed by atoms with Crippen LogP contribution in [0.1, 0.15) is 38.5 Å². The highest BCUT2D eigenvalue weighted by molar-refractivity contribution is 5.85. The van der Waals surface area contributed by atoms with Gasteiger partial charge in [-0.05, 0) is 43.9 Å². The van der Waals surface area contributed by atoms with Crippen molar-refractivity contribution < 1.29 is 9.53 Å². The Balaban J connectivity index is 0.00000133. The highest BCUT2D eigenvalue weighted by Gasteiger charge is 2.42. The van der Waals surface area contributed by atoms with Crippen molar-refractivity contribution in [2.45, 2.75) is 44.6 Å². The lowest BCUT2D eigenvalue weighted by atomic mass is 9.80. The quantitative estimate of drug-likeness (QED) is 0.797. The van der Waals surface area contributed by atoms with Crippen molar-refractivity contribution >= 4 is 18.3 Å². The Bertz CT molecular complexity index is 331. The minimum absolute atomic E-state index is 0. The molecule has 0 aromatic heterocycles. The van der Waals surface area contributed by atoms with E-state index in [0.717, 1.165) is 58.4 Å². The molecule has 1 saturated carbocycles. The van der Waals surface area contributed by atoms with Crippen LogP contribution in [0.5, 0.6) is 0 Å². The summed E-state index contributed by atoms with van der Waals surface area (Å²) in [5.41, 5.74) is 6.28. The van der Waals surface area contributed by atoms with Crippen molar-refractivity contribution in [3.8, 4) is 0 Å². The molecule has 2 unspecified atom stereocenters. The number of carbonyl (C=O) groups excluding carboxylic acids is 1. The molecule has 0 aromatic rings. The average molecular weight is 289 g/mol. The van der Waals surface area contributed by atoms with Crippen LogP contribution < -0.4 is 5.73 Å². The third-order valence-electron chi connectivity index (χ3n) is 5.13. The van der Waals surface area contributed by atoms with E-state index in [1.165, 1.54) is 6.42 Å². The Hall–Kier alpha value is -0.320. The lowest BCUT2D eigenvalue weighted by Crippen LogP contribution is -2.38. The Kier molecular flexibility index (Phi) is 4.75. The standard InChI is InChI=1S/C14H24N2O2.ClH/c15-12-2-1-11(9-12)13(17)16-6-3-14(10-16)4-7-18-8-5-14;/h11-12H,1-10,15H2;1H. The Morgan fingerprint density at radius 3 is 2.58 bits per heavy atom. The molecule has 0 aromatic carbocycles. The van der Waals surface area contributed by atoms with Gasteiger partial charge in [-0.25, -0.2) is 0 Å². The summed E-state index contributed by atoms with van der Waals surface area (Å²) in [5.74, 6) is 0.571. The second kappa shape index (κ2) is 5.98. The molecular formula is C14H25ClN2O2. The smallest absolute Gasteiger partial charge is 0.225 e. The fraction of sp³-hybridized carbons (Fsp3) is 0.929. The van der Waals surface area contributed by atoms with Crippen molar-refractivity contribution in [3.05, 3.63) is 0 Å². The van der Waals surface area contributed by atoms with Crippen LogP contribution in [0.2, 0.25) is 0 Å². The first-order chi connectivity index (χ1) is 8.69. The maximum Gasteiger partial charge on any atom is 0.225 e. The molecule has 3 fully saturated rings. The van der Waals surface area contributed by atoms with Crippen LogP contribution >= 0.6 is 12.4 Å². The molecule has 2 saturated heterocycles. The van der Waals surface area contributed by atoms with E-state index in [-0.39, 0.29) is 24.4 Å². The van der Waals surface area contributed by atoms with E-state index in [1.54, 1.807) is 0 Å². The molecule has 0 bridgehead atoms. The number of hydrogen-bond acceptors (Lipinski definition) is 3. The van der Waals surface area contributed by atoms with Gasteiger partial charge in [0, 0.05) is 38.3 Å². The summed E-state index contributed by atoms with van der Waals surface area (Å²) in [7, 11) is 0. The zero-order valence-electron chi connectivity index (χ0n) is 11.5. The van der Waals surface area contributed by atoms with Crippen LogP contribution in [0.25, 0.3) is 0 Å². The summed E-state index contributed by atoms with van der Waals surface area (Å²) < 4.78 is 5.45. The van der Waals surface area contributed by atoms with Crippen LogP contribution in [0.4, 0.5) is 0 Å². The van der Waals surface area contributed by atoms with Gasteiger partial charge in [-0.1, -0.05) is 0 Å². The summed E-state index contributed by atoms with van der Waals surface area (Å²) in [6, 6.07) is 0.249. The van der Waals surface area contributed by atoms with Gasteiger partial charge >= 0.3 is 0 Å². The van der Waals surface area contributed by atoms with Gasteiger partial charge in [0.15, 0.2) is 0 Å². The number of likely N-dealkylation sites (tertiary alicyclic amines) is 1. The molecule has 4 nitrogen and oxygen atoms in total. The molecule has 2 heterocycles. The van der Waals surface area contributed by atoms with Gasteiger partial charge in [-0.3, -0.25) is 4.79 Å². The van der Waals surface area contributed by atoms with E-state index in [9.17, 15) is 4.79 Å². The molecule has 110 valence electrons. The van der Waals surface area contributed by atoms with Crippen molar-refractivity contribution in [1.82, 2.24) is 4.90 Å². The predicted molar refractivity (Wildman–Crippen MR) is 76.2 cm³/mol. The molecule has 2 aliphatic heterocycles. The zero-order chi connectivity index (χ0) is 12.6. The zero-order valence-corrected chi connectivity index (χ0v) is 12.3. The van der Waals surface area contributed by atoms with Gasteiger partial charge in [0.1, 0.15) is 0 Å². The lowest BCUT2D eigenvalue weighted by molar-refractivity contribution is -0.135. The summed E-state index contributed by atoms with van der Waals surface area (Å²) in [5, 5.41) is 0. The molecule has 0 radical (unpaired) electrons. The van der Waals surface area contributed by atoms with Gasteiger partial charge in [0.05, 0.1) is 0 Å². The topological polar surface area (TPSA) is 55.6 Å². The maximum absolute atomic E-state index is 12.5. The van der Waals surface area contributed by atoms with Crippen molar-refractivity contribution in [2.24, 2.45) is 17.1 Å². The van der Waals surface area contributed by atoms with E-state index >= 15 is 0 Å². The fourth-order valence-electron chi connectivity index (χ4n) is 3.83. The molecule has 1 spiro atoms. The number of nitrogens with two attached hydrogens (primary N) is 1. The normalized spacial score (nSPS) is 33.4. The average Bonchev–Trinajstić information content (AvgIpc) is 2.97. The van der Waals surface area contributed by atoms with E-state index < -0.39 is 0 Å². The number of ether oxygens (including phenoxy) is 1. The van der Waals surface area contributed by atoms with Gasteiger partial charge < -0.3 is 15.4 Å². The molecule has 19 heavy (non-hydrogen) atoms. The van der Waals surface area contributed by atoms with Gasteiger partial charge in [-0.15, -0.1) is 12.4 Å². The number of carbonyl (C=O) groups is 1. The van der Waals surface area contributed by atoms with Crippen LogP contribution in [-0.2, 0) is 9.53 Å². The SMILES string of the molecule is Cl.NC1CCC(C(=O)N2CCC3(CCOCC3)C2)C1. The van der Waals surface area contributed by atoms with Crippen molar-refractivity contribution in [1.29, 1.82) is 0 Å². The molecule has 1 aliphatic carbocycles. The molecule has 3 aliphatic rings. The molecule has 2 N–H and O–H groups in total. The van der Waals surface area contributed by atoms with Gasteiger partial charge in [0.2, 0.25) is 5.91 Å². The van der Waals surface area contributed by atoms with E-state index in [4.69, 9.17) is 10.5 Å². The monoisotopic (exact) mass is 288 g/mol. The summed E-state index contributed by atoms with van der Waals surface area (Å²) in [6.45, 7) is 3.65. The van der Waals surface area contributed by atoms with Crippen molar-refractivity contribution in [2.75, 3.05) is 26.3 Å². The Morgan fingerprint density at radius 1 is 1.21 bits per heavy atom. The molecule has 2 atom stereocenters. The minimum Gasteiger partial charge on any atom is -0.381 e. The third-order valence-corrected chi connectivity index (χ3v) is 5.13. The summed E-state index contributed by atoms with van der Waals surface area (Å²) >= 11 is 0. The first-order valence-corrected chi connectivity index (χ1v) is 7.31. The fourth-order valence-corrected chi connectivity index (χ4v) is 3.83. The Labute approximate surface area is 121 Å². The molecule has 1 amide bonds. The number of nitrogens with zero attached hydrogens (tertiary/aromatic N) is 1. The molecule has 3 rings (SSSR count). The number of hydrogen-bond donors (Lipinski definition) is 1. The second-order valence-corrected chi connectivity index (χ2v) is 6.39. The van der Waals surface area contributed by atoms with E-state index in [1.807, 2.05) is 0 Å². The van der Waals surface area contributed by atoms with Crippen molar-refractivity contribution in [3.63, 3.8) is 0 Å². The number of halogens is 1. The lowest BCUT2D eigenvalue weighted by Gasteiger charge is -2.33. The summed E-state index contributed by atoms with van der Waals surface area (Å²) in [4.78, 5) is 14.6. The van der Waals surface area contributed by atoms with Crippen LogP contribution in [-0.4, -0.2) is 43.2 Å². The summed E-state index contributed by atoms with van der Waals surface area (Å²) in [6.07, 6.45) is 6.32. The van der Waals surface area contributed by atoms with Gasteiger partial charge in [-0.2, -0.15) is 0 Å². The number of rotatable bonds is 1. The minimum atomic E-state index is 0. The van der Waals surface area contributed by atoms with E-state index in [2.05, 4.69) is 4.90 Å². The van der Waals surface area contributed by atoms with Crippen LogP contribution in [0, 0.1) is 11.3 Å². The first-order valence-electron chi connectivity index (χ1n) is 7.31. The highest BCUT2D eigenvalue weighted by atomic mass is 35.5. The number of amides is 1. The third kappa shape index (κ3) is 3.06. The second-order valence-electron chi connectivity index (χ2n) is 6.39. The first kappa shape index (κ1) is 15.1. The largest absolute Gasteiger partial charge is 0.381 e. The van der Waals surface area contributed by atoms with Crippen LogP contribution in [0.3, 0.4) is 0 Å². The Morgan fingerprint density at radius 2 is 1.95 bits per heavy atom. The predicted octanol–water partition coefficient (Wildman–Crippen LogP) is 1.56.